The Morgan fingerprint density at radius 1 is 1.38 bits per heavy atom. The molecule has 2 heterocycles. The van der Waals surface area contributed by atoms with Gasteiger partial charge < -0.3 is 10.4 Å². The summed E-state index contributed by atoms with van der Waals surface area (Å²) < 4.78 is 1.82. The van der Waals surface area contributed by atoms with Crippen molar-refractivity contribution in [3.8, 4) is 0 Å². The standard InChI is InChI=1S/C17H23N5O2/c1-11-7-12-13(18-5-6-21(12)20-11)19-16-8-17(9-16,10-16)22(14(23)24)15(2,3)4/h5-7H,8-10H2,1-4H3,(H,18,19)(H,23,24). The quantitative estimate of drug-likeness (QED) is 0.905. The summed E-state index contributed by atoms with van der Waals surface area (Å²) in [6, 6.07) is 2.01. The van der Waals surface area contributed by atoms with Gasteiger partial charge in [0.1, 0.15) is 5.52 Å². The molecule has 0 aromatic carbocycles. The summed E-state index contributed by atoms with van der Waals surface area (Å²) in [7, 11) is 0. The number of anilines is 1. The van der Waals surface area contributed by atoms with Crippen molar-refractivity contribution in [2.75, 3.05) is 5.32 Å². The van der Waals surface area contributed by atoms with E-state index in [4.69, 9.17) is 0 Å². The van der Waals surface area contributed by atoms with Crippen molar-refractivity contribution in [2.24, 2.45) is 0 Å². The first-order valence-corrected chi connectivity index (χ1v) is 8.27. The number of nitrogens with one attached hydrogen (secondary N) is 1. The van der Waals surface area contributed by atoms with Gasteiger partial charge in [0.05, 0.1) is 11.2 Å². The zero-order valence-electron chi connectivity index (χ0n) is 14.5. The minimum Gasteiger partial charge on any atom is -0.465 e. The number of aromatic nitrogens is 3. The molecule has 2 bridgehead atoms. The lowest BCUT2D eigenvalue weighted by Gasteiger charge is -2.74. The predicted molar refractivity (Wildman–Crippen MR) is 90.3 cm³/mol. The molecule has 3 fully saturated rings. The number of rotatable bonds is 3. The molecule has 0 unspecified atom stereocenters. The van der Waals surface area contributed by atoms with Crippen molar-refractivity contribution in [2.45, 2.75) is 63.6 Å². The fraction of sp³-hybridized carbons (Fsp3) is 0.588. The molecule has 128 valence electrons. The fourth-order valence-electron chi connectivity index (χ4n) is 4.70. The second kappa shape index (κ2) is 4.40. The normalized spacial score (nSPS) is 28.2. The lowest BCUT2D eigenvalue weighted by Crippen LogP contribution is -2.83. The second-order valence-electron chi connectivity index (χ2n) is 8.34. The van der Waals surface area contributed by atoms with Crippen LogP contribution in [0, 0.1) is 6.92 Å². The van der Waals surface area contributed by atoms with E-state index in [0.717, 1.165) is 36.3 Å². The van der Waals surface area contributed by atoms with E-state index in [0.29, 0.717) is 0 Å². The Bertz CT molecular complexity index is 815. The van der Waals surface area contributed by atoms with E-state index >= 15 is 0 Å². The summed E-state index contributed by atoms with van der Waals surface area (Å²) in [4.78, 5) is 17.8. The molecule has 2 N–H and O–H groups in total. The average Bonchev–Trinajstić information content (AvgIpc) is 2.73. The van der Waals surface area contributed by atoms with Crippen LogP contribution >= 0.6 is 0 Å². The topological polar surface area (TPSA) is 82.8 Å². The number of hydrogen-bond acceptors (Lipinski definition) is 4. The largest absolute Gasteiger partial charge is 0.465 e. The van der Waals surface area contributed by atoms with Crippen LogP contribution in [0.15, 0.2) is 18.5 Å². The zero-order valence-corrected chi connectivity index (χ0v) is 14.5. The molecule has 0 aliphatic heterocycles. The van der Waals surface area contributed by atoms with Crippen LogP contribution in [0.25, 0.3) is 5.52 Å². The Labute approximate surface area is 140 Å². The van der Waals surface area contributed by atoms with Crippen molar-refractivity contribution in [1.29, 1.82) is 0 Å². The van der Waals surface area contributed by atoms with Crippen LogP contribution in [-0.2, 0) is 0 Å². The molecule has 2 aromatic heterocycles. The molecule has 7 heteroatoms. The highest BCUT2D eigenvalue weighted by Gasteiger charge is 2.73. The van der Waals surface area contributed by atoms with Gasteiger partial charge in [0.25, 0.3) is 0 Å². The highest BCUT2D eigenvalue weighted by atomic mass is 16.4. The number of nitrogens with zero attached hydrogens (tertiary/aromatic N) is 4. The monoisotopic (exact) mass is 329 g/mol. The number of aryl methyl sites for hydroxylation is 1. The van der Waals surface area contributed by atoms with E-state index in [9.17, 15) is 9.90 Å². The zero-order chi connectivity index (χ0) is 17.3. The van der Waals surface area contributed by atoms with E-state index < -0.39 is 6.09 Å². The van der Waals surface area contributed by atoms with E-state index in [1.165, 1.54) is 0 Å². The Hall–Kier alpha value is -2.31. The van der Waals surface area contributed by atoms with Gasteiger partial charge in [-0.05, 0) is 53.0 Å². The smallest absolute Gasteiger partial charge is 0.408 e. The number of amides is 1. The van der Waals surface area contributed by atoms with Crippen LogP contribution in [0.2, 0.25) is 0 Å². The maximum Gasteiger partial charge on any atom is 0.408 e. The Morgan fingerprint density at radius 3 is 2.62 bits per heavy atom. The van der Waals surface area contributed by atoms with Crippen LogP contribution in [0.3, 0.4) is 0 Å². The minimum absolute atomic E-state index is 0.0357. The molecule has 0 saturated heterocycles. The van der Waals surface area contributed by atoms with Gasteiger partial charge in [0.2, 0.25) is 0 Å². The number of carbonyl (C=O) groups is 1. The average molecular weight is 329 g/mol. The molecule has 0 spiro atoms. The number of fused-ring (bicyclic) bond motifs is 1. The lowest BCUT2D eigenvalue weighted by atomic mass is 9.43. The predicted octanol–water partition coefficient (Wildman–Crippen LogP) is 2.90. The molecule has 3 aliphatic rings. The molecule has 5 rings (SSSR count). The second-order valence-corrected chi connectivity index (χ2v) is 8.34. The molecule has 0 atom stereocenters. The molecule has 2 aromatic rings. The maximum absolute atomic E-state index is 11.7. The molecular formula is C17H23N5O2. The Kier molecular flexibility index (Phi) is 2.79. The SMILES string of the molecule is Cc1cc2c(NC34CC(N(C(=O)O)C(C)(C)C)(C3)C4)nccn2n1. The first kappa shape index (κ1) is 15.2. The first-order valence-electron chi connectivity index (χ1n) is 8.27. The van der Waals surface area contributed by atoms with Gasteiger partial charge in [-0.15, -0.1) is 0 Å². The number of carboxylic acid groups (broad SMARTS) is 1. The summed E-state index contributed by atoms with van der Waals surface area (Å²) in [6.45, 7) is 7.83. The number of hydrogen-bond donors (Lipinski definition) is 2. The minimum atomic E-state index is -0.831. The highest BCUT2D eigenvalue weighted by Crippen LogP contribution is 2.66. The van der Waals surface area contributed by atoms with Crippen LogP contribution in [0.1, 0.15) is 45.7 Å². The molecule has 3 saturated carbocycles. The van der Waals surface area contributed by atoms with Crippen LogP contribution in [0.5, 0.6) is 0 Å². The first-order chi connectivity index (χ1) is 11.1. The molecule has 1 amide bonds. The van der Waals surface area contributed by atoms with E-state index in [-0.39, 0.29) is 16.6 Å². The molecule has 24 heavy (non-hydrogen) atoms. The van der Waals surface area contributed by atoms with E-state index in [2.05, 4.69) is 15.4 Å². The third-order valence-corrected chi connectivity index (χ3v) is 5.23. The van der Waals surface area contributed by atoms with Gasteiger partial charge in [-0.1, -0.05) is 0 Å². The van der Waals surface area contributed by atoms with E-state index in [1.54, 1.807) is 11.1 Å². The lowest BCUT2D eigenvalue weighted by molar-refractivity contribution is -0.162. The summed E-state index contributed by atoms with van der Waals surface area (Å²) in [5.41, 5.74) is 1.26. The molecule has 7 nitrogen and oxygen atoms in total. The third-order valence-electron chi connectivity index (χ3n) is 5.23. The summed E-state index contributed by atoms with van der Waals surface area (Å²) in [5, 5.41) is 17.6. The van der Waals surface area contributed by atoms with Crippen molar-refractivity contribution in [3.05, 3.63) is 24.2 Å². The fourth-order valence-corrected chi connectivity index (χ4v) is 4.70. The van der Waals surface area contributed by atoms with Gasteiger partial charge in [0, 0.05) is 23.5 Å². The van der Waals surface area contributed by atoms with Crippen molar-refractivity contribution in [3.63, 3.8) is 0 Å². The van der Waals surface area contributed by atoms with Gasteiger partial charge in [-0.2, -0.15) is 5.10 Å². The highest BCUT2D eigenvalue weighted by molar-refractivity contribution is 5.72. The van der Waals surface area contributed by atoms with Crippen molar-refractivity contribution < 1.29 is 9.90 Å². The Morgan fingerprint density at radius 2 is 2.04 bits per heavy atom. The summed E-state index contributed by atoms with van der Waals surface area (Å²) in [5.74, 6) is 0.823. The maximum atomic E-state index is 11.7. The van der Waals surface area contributed by atoms with E-state index in [1.807, 2.05) is 44.5 Å². The summed E-state index contributed by atoms with van der Waals surface area (Å²) in [6.07, 6.45) is 5.24. The van der Waals surface area contributed by atoms with Gasteiger partial charge in [-0.25, -0.2) is 14.3 Å². The van der Waals surface area contributed by atoms with Crippen LogP contribution < -0.4 is 5.32 Å². The van der Waals surface area contributed by atoms with Gasteiger partial charge in [-0.3, -0.25) is 4.90 Å². The molecule has 0 radical (unpaired) electrons. The third kappa shape index (κ3) is 2.00. The molecule has 3 aliphatic carbocycles. The van der Waals surface area contributed by atoms with Gasteiger partial charge in [0.15, 0.2) is 5.82 Å². The van der Waals surface area contributed by atoms with Crippen LogP contribution in [0.4, 0.5) is 10.6 Å². The van der Waals surface area contributed by atoms with Crippen molar-refractivity contribution in [1.82, 2.24) is 19.5 Å². The van der Waals surface area contributed by atoms with Gasteiger partial charge >= 0.3 is 6.09 Å². The summed E-state index contributed by atoms with van der Waals surface area (Å²) >= 11 is 0. The van der Waals surface area contributed by atoms with Crippen LogP contribution in [-0.4, -0.2) is 47.3 Å². The van der Waals surface area contributed by atoms with Crippen molar-refractivity contribution >= 4 is 17.4 Å². The molecular weight excluding hydrogens is 306 g/mol. The Balaban J connectivity index is 1.55.